The average molecular weight is 371 g/mol. The van der Waals surface area contributed by atoms with Crippen LogP contribution in [0.4, 0.5) is 8.78 Å². The average Bonchev–Trinajstić information content (AvgIpc) is 2.65. The van der Waals surface area contributed by atoms with Crippen LogP contribution in [0.3, 0.4) is 0 Å². The SMILES string of the molecule is C=CCCC1CCC(CCCOC2CCC(CCC=C(F)F)CC2)CO1. The Labute approximate surface area is 158 Å². The molecule has 1 saturated carbocycles. The number of ether oxygens (including phenoxy) is 2. The van der Waals surface area contributed by atoms with Gasteiger partial charge in [-0.2, -0.15) is 8.78 Å². The summed E-state index contributed by atoms with van der Waals surface area (Å²) in [6, 6.07) is 0. The predicted octanol–water partition coefficient (Wildman–Crippen LogP) is 6.66. The first-order valence-corrected chi connectivity index (χ1v) is 10.5. The van der Waals surface area contributed by atoms with Gasteiger partial charge >= 0.3 is 0 Å². The molecule has 0 amide bonds. The van der Waals surface area contributed by atoms with Crippen LogP contribution in [0.2, 0.25) is 0 Å². The van der Waals surface area contributed by atoms with Crippen molar-refractivity contribution < 1.29 is 18.3 Å². The molecule has 2 aliphatic rings. The lowest BCUT2D eigenvalue weighted by Gasteiger charge is -2.30. The molecule has 0 bridgehead atoms. The van der Waals surface area contributed by atoms with Crippen molar-refractivity contribution in [1.29, 1.82) is 0 Å². The highest BCUT2D eigenvalue weighted by Gasteiger charge is 2.23. The summed E-state index contributed by atoms with van der Waals surface area (Å²) in [6.07, 6.45) is 15.1. The van der Waals surface area contributed by atoms with Crippen LogP contribution < -0.4 is 0 Å². The molecule has 2 fully saturated rings. The third-order valence-electron chi connectivity index (χ3n) is 5.93. The van der Waals surface area contributed by atoms with Crippen LogP contribution in [0.5, 0.6) is 0 Å². The largest absolute Gasteiger partial charge is 0.378 e. The Morgan fingerprint density at radius 2 is 1.73 bits per heavy atom. The minimum Gasteiger partial charge on any atom is -0.378 e. The Morgan fingerprint density at radius 3 is 2.38 bits per heavy atom. The molecule has 2 atom stereocenters. The summed E-state index contributed by atoms with van der Waals surface area (Å²) >= 11 is 0. The van der Waals surface area contributed by atoms with E-state index in [1.54, 1.807) is 0 Å². The summed E-state index contributed by atoms with van der Waals surface area (Å²) in [7, 11) is 0. The van der Waals surface area contributed by atoms with Crippen molar-refractivity contribution >= 4 is 0 Å². The molecule has 0 aromatic carbocycles. The Kier molecular flexibility index (Phi) is 10.5. The standard InChI is InChI=1S/C22H36F2O2/c1-2-3-8-20-15-12-19(17-26-20)7-5-16-25-21-13-10-18(11-14-21)6-4-9-22(23)24/h2,9,18-21H,1,3-8,10-17H2. The molecule has 150 valence electrons. The summed E-state index contributed by atoms with van der Waals surface area (Å²) in [5, 5.41) is 0. The van der Waals surface area contributed by atoms with E-state index < -0.39 is 6.08 Å². The minimum absolute atomic E-state index is 0.380. The van der Waals surface area contributed by atoms with Gasteiger partial charge < -0.3 is 9.47 Å². The van der Waals surface area contributed by atoms with Gasteiger partial charge in [0.05, 0.1) is 12.2 Å². The van der Waals surface area contributed by atoms with Crippen LogP contribution in [0.25, 0.3) is 0 Å². The fourth-order valence-corrected chi connectivity index (χ4v) is 4.26. The molecule has 1 aliphatic carbocycles. The van der Waals surface area contributed by atoms with Crippen LogP contribution in [0.1, 0.15) is 77.0 Å². The lowest BCUT2D eigenvalue weighted by atomic mass is 9.84. The van der Waals surface area contributed by atoms with E-state index in [-0.39, 0.29) is 0 Å². The Hall–Kier alpha value is -0.740. The van der Waals surface area contributed by atoms with Crippen molar-refractivity contribution in [2.75, 3.05) is 13.2 Å². The van der Waals surface area contributed by atoms with E-state index in [1.807, 2.05) is 6.08 Å². The van der Waals surface area contributed by atoms with Crippen LogP contribution in [0, 0.1) is 11.8 Å². The zero-order valence-electron chi connectivity index (χ0n) is 16.1. The quantitative estimate of drug-likeness (QED) is 0.299. The van der Waals surface area contributed by atoms with E-state index in [9.17, 15) is 8.78 Å². The minimum atomic E-state index is -1.54. The van der Waals surface area contributed by atoms with Gasteiger partial charge in [-0.05, 0) is 95.0 Å². The second-order valence-electron chi connectivity index (χ2n) is 7.99. The van der Waals surface area contributed by atoms with Gasteiger partial charge in [0.2, 0.25) is 0 Å². The first-order valence-electron chi connectivity index (χ1n) is 10.5. The number of rotatable bonds is 11. The second-order valence-corrected chi connectivity index (χ2v) is 7.99. The summed E-state index contributed by atoms with van der Waals surface area (Å²) in [5.41, 5.74) is 0. The molecule has 0 spiro atoms. The predicted molar refractivity (Wildman–Crippen MR) is 102 cm³/mol. The van der Waals surface area contributed by atoms with Gasteiger partial charge in [-0.3, -0.25) is 0 Å². The molecule has 0 aromatic rings. The highest BCUT2D eigenvalue weighted by molar-refractivity contribution is 4.82. The van der Waals surface area contributed by atoms with E-state index in [1.165, 1.54) is 19.3 Å². The second kappa shape index (κ2) is 12.6. The molecule has 26 heavy (non-hydrogen) atoms. The fraction of sp³-hybridized carbons (Fsp3) is 0.818. The first kappa shape index (κ1) is 21.6. The van der Waals surface area contributed by atoms with E-state index in [0.717, 1.165) is 70.7 Å². The molecule has 0 radical (unpaired) electrons. The zero-order valence-corrected chi connectivity index (χ0v) is 16.1. The number of hydrogen-bond donors (Lipinski definition) is 0. The van der Waals surface area contributed by atoms with Crippen LogP contribution in [0.15, 0.2) is 24.8 Å². The van der Waals surface area contributed by atoms with Crippen molar-refractivity contribution in [2.45, 2.75) is 89.3 Å². The maximum Gasteiger partial charge on any atom is 0.266 e. The van der Waals surface area contributed by atoms with Crippen molar-refractivity contribution in [3.8, 4) is 0 Å². The third-order valence-corrected chi connectivity index (χ3v) is 5.93. The van der Waals surface area contributed by atoms with E-state index in [0.29, 0.717) is 30.5 Å². The topological polar surface area (TPSA) is 18.5 Å². The molecule has 2 unspecified atom stereocenters. The van der Waals surface area contributed by atoms with Gasteiger partial charge in [0.25, 0.3) is 6.08 Å². The van der Waals surface area contributed by atoms with Gasteiger partial charge in [-0.25, -0.2) is 0 Å². The van der Waals surface area contributed by atoms with Crippen molar-refractivity contribution in [2.24, 2.45) is 11.8 Å². The highest BCUT2D eigenvalue weighted by atomic mass is 19.3. The van der Waals surface area contributed by atoms with Crippen molar-refractivity contribution in [3.63, 3.8) is 0 Å². The zero-order chi connectivity index (χ0) is 18.6. The number of allylic oxidation sites excluding steroid dienone is 2. The van der Waals surface area contributed by atoms with E-state index >= 15 is 0 Å². The van der Waals surface area contributed by atoms with Gasteiger partial charge in [-0.1, -0.05) is 6.08 Å². The molecule has 1 heterocycles. The van der Waals surface area contributed by atoms with Crippen LogP contribution >= 0.6 is 0 Å². The lowest BCUT2D eigenvalue weighted by Crippen LogP contribution is -2.26. The van der Waals surface area contributed by atoms with E-state index in [4.69, 9.17) is 9.47 Å². The highest BCUT2D eigenvalue weighted by Crippen LogP contribution is 2.30. The van der Waals surface area contributed by atoms with Crippen LogP contribution in [-0.2, 0) is 9.47 Å². The van der Waals surface area contributed by atoms with Gasteiger partial charge in [0, 0.05) is 13.2 Å². The van der Waals surface area contributed by atoms with Gasteiger partial charge in [0.1, 0.15) is 0 Å². The molecular formula is C22H36F2O2. The normalized spacial score (nSPS) is 29.3. The summed E-state index contributed by atoms with van der Waals surface area (Å²) in [4.78, 5) is 0. The molecule has 2 nitrogen and oxygen atoms in total. The third kappa shape index (κ3) is 8.77. The summed E-state index contributed by atoms with van der Waals surface area (Å²) < 4.78 is 36.1. The Bertz CT molecular complexity index is 404. The maximum absolute atomic E-state index is 12.1. The molecule has 2 rings (SSSR count). The molecule has 1 aliphatic heterocycles. The molecule has 0 aromatic heterocycles. The molecule has 4 heteroatoms. The van der Waals surface area contributed by atoms with Crippen LogP contribution in [-0.4, -0.2) is 25.4 Å². The molecular weight excluding hydrogens is 334 g/mol. The smallest absolute Gasteiger partial charge is 0.266 e. The maximum atomic E-state index is 12.1. The van der Waals surface area contributed by atoms with Crippen molar-refractivity contribution in [3.05, 3.63) is 24.8 Å². The Morgan fingerprint density at radius 1 is 0.962 bits per heavy atom. The fourth-order valence-electron chi connectivity index (χ4n) is 4.26. The lowest BCUT2D eigenvalue weighted by molar-refractivity contribution is -0.0269. The summed E-state index contributed by atoms with van der Waals surface area (Å²) in [5.74, 6) is 1.29. The summed E-state index contributed by atoms with van der Waals surface area (Å²) in [6.45, 7) is 5.53. The molecule has 1 saturated heterocycles. The van der Waals surface area contributed by atoms with E-state index in [2.05, 4.69) is 6.58 Å². The van der Waals surface area contributed by atoms with Gasteiger partial charge in [0.15, 0.2) is 0 Å². The monoisotopic (exact) mass is 370 g/mol. The number of halogens is 2. The molecule has 0 N–H and O–H groups in total. The van der Waals surface area contributed by atoms with Crippen molar-refractivity contribution in [1.82, 2.24) is 0 Å². The first-order chi connectivity index (χ1) is 12.7. The Balaban J connectivity index is 1.46. The van der Waals surface area contributed by atoms with Gasteiger partial charge in [-0.15, -0.1) is 6.58 Å². The number of hydrogen-bond acceptors (Lipinski definition) is 2.